The molecule has 0 heterocycles. The number of hydrogen-bond donors (Lipinski definition) is 2. The lowest BCUT2D eigenvalue weighted by Gasteiger charge is -2.06. The number of carbonyl (C=O) groups is 2. The van der Waals surface area contributed by atoms with E-state index in [0.717, 1.165) is 0 Å². The molecule has 0 atom stereocenters. The molecule has 2 rings (SSSR count). The lowest BCUT2D eigenvalue weighted by molar-refractivity contribution is -0.136. The first-order valence-corrected chi connectivity index (χ1v) is 7.87. The second-order valence-electron chi connectivity index (χ2n) is 4.72. The molecule has 2 amide bonds. The van der Waals surface area contributed by atoms with Gasteiger partial charge in [0.25, 0.3) is 0 Å². The van der Waals surface area contributed by atoms with Gasteiger partial charge in [0.1, 0.15) is 0 Å². The molecule has 0 saturated heterocycles. The number of hydrogen-bond acceptors (Lipinski definition) is 3. The lowest BCUT2D eigenvalue weighted by Crippen LogP contribution is -2.32. The molecule has 0 aliphatic carbocycles. The van der Waals surface area contributed by atoms with Crippen LogP contribution in [0.5, 0.6) is 0 Å². The monoisotopic (exact) mass is 383 g/mol. The van der Waals surface area contributed by atoms with E-state index in [4.69, 9.17) is 34.8 Å². The van der Waals surface area contributed by atoms with Gasteiger partial charge in [-0.05, 0) is 43.3 Å². The van der Waals surface area contributed by atoms with Crippen LogP contribution < -0.4 is 10.7 Å². The standard InChI is InChI=1S/C16H12Cl3N3O2/c1-9(13-7-4-11(18)8-14(13)19)21-22-16(24)15(23)20-12-5-2-10(17)3-6-12/h2-8H,1H3,(H,20,23)(H,22,24)/b21-9+. The number of nitrogens with one attached hydrogen (secondary N) is 2. The van der Waals surface area contributed by atoms with Gasteiger partial charge in [-0.15, -0.1) is 0 Å². The van der Waals surface area contributed by atoms with Crippen molar-refractivity contribution in [3.05, 3.63) is 63.1 Å². The highest BCUT2D eigenvalue weighted by Gasteiger charge is 2.13. The molecule has 0 aliphatic heterocycles. The van der Waals surface area contributed by atoms with Gasteiger partial charge in [0.2, 0.25) is 0 Å². The lowest BCUT2D eigenvalue weighted by atomic mass is 10.1. The summed E-state index contributed by atoms with van der Waals surface area (Å²) in [5.41, 5.74) is 3.65. The van der Waals surface area contributed by atoms with E-state index in [0.29, 0.717) is 32.0 Å². The van der Waals surface area contributed by atoms with Crippen LogP contribution in [0.1, 0.15) is 12.5 Å². The van der Waals surface area contributed by atoms with Crippen molar-refractivity contribution < 1.29 is 9.59 Å². The van der Waals surface area contributed by atoms with E-state index in [1.54, 1.807) is 49.4 Å². The van der Waals surface area contributed by atoms with Crippen molar-refractivity contribution in [2.75, 3.05) is 5.32 Å². The molecule has 0 bridgehead atoms. The number of halogens is 3. The number of anilines is 1. The zero-order valence-corrected chi connectivity index (χ0v) is 14.7. The van der Waals surface area contributed by atoms with E-state index in [1.165, 1.54) is 0 Å². The van der Waals surface area contributed by atoms with Gasteiger partial charge in [0.15, 0.2) is 0 Å². The van der Waals surface area contributed by atoms with Crippen LogP contribution in [0.25, 0.3) is 0 Å². The zero-order valence-electron chi connectivity index (χ0n) is 12.4. The first-order chi connectivity index (χ1) is 11.4. The predicted octanol–water partition coefficient (Wildman–Crippen LogP) is 4.13. The normalized spacial score (nSPS) is 11.1. The van der Waals surface area contributed by atoms with Gasteiger partial charge in [-0.3, -0.25) is 9.59 Å². The summed E-state index contributed by atoms with van der Waals surface area (Å²) in [7, 11) is 0. The molecule has 8 heteroatoms. The number of nitrogens with zero attached hydrogens (tertiary/aromatic N) is 1. The maximum atomic E-state index is 11.8. The first kappa shape index (κ1) is 18.3. The molecule has 0 saturated carbocycles. The topological polar surface area (TPSA) is 70.6 Å². The second kappa shape index (κ2) is 8.15. The minimum absolute atomic E-state index is 0.392. The molecule has 0 radical (unpaired) electrons. The van der Waals surface area contributed by atoms with Crippen molar-refractivity contribution >= 4 is 58.0 Å². The molecule has 2 N–H and O–H groups in total. The van der Waals surface area contributed by atoms with Crippen molar-refractivity contribution in [1.29, 1.82) is 0 Å². The van der Waals surface area contributed by atoms with Crippen LogP contribution in [0.4, 0.5) is 5.69 Å². The minimum Gasteiger partial charge on any atom is -0.318 e. The van der Waals surface area contributed by atoms with Crippen LogP contribution in [0, 0.1) is 0 Å². The van der Waals surface area contributed by atoms with Crippen LogP contribution in [0.15, 0.2) is 47.6 Å². The van der Waals surface area contributed by atoms with Gasteiger partial charge in [0, 0.05) is 21.3 Å². The Morgan fingerprint density at radius 2 is 1.54 bits per heavy atom. The molecule has 0 aliphatic rings. The second-order valence-corrected chi connectivity index (χ2v) is 6.00. The number of carbonyl (C=O) groups excluding carboxylic acids is 2. The Kier molecular flexibility index (Phi) is 6.20. The molecule has 24 heavy (non-hydrogen) atoms. The largest absolute Gasteiger partial charge is 0.329 e. The highest BCUT2D eigenvalue weighted by atomic mass is 35.5. The van der Waals surface area contributed by atoms with Crippen LogP contribution in [0.3, 0.4) is 0 Å². The summed E-state index contributed by atoms with van der Waals surface area (Å²) in [4.78, 5) is 23.6. The summed E-state index contributed by atoms with van der Waals surface area (Å²) in [5.74, 6) is -1.76. The SMILES string of the molecule is C/C(=N\NC(=O)C(=O)Nc1ccc(Cl)cc1)c1ccc(Cl)cc1Cl. The van der Waals surface area contributed by atoms with Crippen molar-refractivity contribution in [2.24, 2.45) is 5.10 Å². The first-order valence-electron chi connectivity index (χ1n) is 6.73. The number of benzene rings is 2. The molecule has 0 unspecified atom stereocenters. The van der Waals surface area contributed by atoms with Crippen molar-refractivity contribution in [3.8, 4) is 0 Å². The van der Waals surface area contributed by atoms with Gasteiger partial charge >= 0.3 is 11.8 Å². The Labute approximate surface area is 153 Å². The fraction of sp³-hybridized carbons (Fsp3) is 0.0625. The molecule has 0 spiro atoms. The Morgan fingerprint density at radius 3 is 2.17 bits per heavy atom. The number of amides is 2. The maximum Gasteiger partial charge on any atom is 0.329 e. The summed E-state index contributed by atoms with van der Waals surface area (Å²) in [6.07, 6.45) is 0. The molecule has 5 nitrogen and oxygen atoms in total. The zero-order chi connectivity index (χ0) is 17.7. The van der Waals surface area contributed by atoms with E-state index < -0.39 is 11.8 Å². The minimum atomic E-state index is -0.908. The van der Waals surface area contributed by atoms with Crippen molar-refractivity contribution in [3.63, 3.8) is 0 Å². The van der Waals surface area contributed by atoms with Crippen LogP contribution >= 0.6 is 34.8 Å². The van der Waals surface area contributed by atoms with Gasteiger partial charge < -0.3 is 5.32 Å². The summed E-state index contributed by atoms with van der Waals surface area (Å²) >= 11 is 17.6. The van der Waals surface area contributed by atoms with E-state index >= 15 is 0 Å². The van der Waals surface area contributed by atoms with E-state index in [2.05, 4.69) is 15.8 Å². The molecular formula is C16H12Cl3N3O2. The van der Waals surface area contributed by atoms with E-state index in [1.807, 2.05) is 0 Å². The molecule has 2 aromatic rings. The molecule has 0 aromatic heterocycles. The van der Waals surface area contributed by atoms with Crippen LogP contribution in [0.2, 0.25) is 15.1 Å². The van der Waals surface area contributed by atoms with Gasteiger partial charge in [0.05, 0.1) is 10.7 Å². The Bertz CT molecular complexity index is 805. The summed E-state index contributed by atoms with van der Waals surface area (Å²) < 4.78 is 0. The fourth-order valence-electron chi connectivity index (χ4n) is 1.75. The maximum absolute atomic E-state index is 11.8. The van der Waals surface area contributed by atoms with Crippen LogP contribution in [-0.2, 0) is 9.59 Å². The van der Waals surface area contributed by atoms with E-state index in [9.17, 15) is 9.59 Å². The van der Waals surface area contributed by atoms with Crippen molar-refractivity contribution in [2.45, 2.75) is 6.92 Å². The summed E-state index contributed by atoms with van der Waals surface area (Å²) in [5, 5.41) is 7.70. The van der Waals surface area contributed by atoms with Crippen molar-refractivity contribution in [1.82, 2.24) is 5.43 Å². The van der Waals surface area contributed by atoms with Gasteiger partial charge in [-0.2, -0.15) is 5.10 Å². The highest BCUT2D eigenvalue weighted by Crippen LogP contribution is 2.21. The molecule has 2 aromatic carbocycles. The quantitative estimate of drug-likeness (QED) is 0.474. The Morgan fingerprint density at radius 1 is 0.917 bits per heavy atom. The Balaban J connectivity index is 2.00. The molecular weight excluding hydrogens is 373 g/mol. The molecule has 124 valence electrons. The number of hydrazone groups is 1. The average molecular weight is 385 g/mol. The molecule has 0 fully saturated rings. The van der Waals surface area contributed by atoms with Gasteiger partial charge in [-0.1, -0.05) is 40.9 Å². The summed E-state index contributed by atoms with van der Waals surface area (Å²) in [6, 6.07) is 11.2. The van der Waals surface area contributed by atoms with Gasteiger partial charge in [-0.25, -0.2) is 5.43 Å². The third-order valence-electron chi connectivity index (χ3n) is 2.95. The Hall–Kier alpha value is -2.08. The number of rotatable bonds is 3. The van der Waals surface area contributed by atoms with E-state index in [-0.39, 0.29) is 0 Å². The third-order valence-corrected chi connectivity index (χ3v) is 3.75. The average Bonchev–Trinajstić information content (AvgIpc) is 2.54. The third kappa shape index (κ3) is 4.96. The predicted molar refractivity (Wildman–Crippen MR) is 96.9 cm³/mol. The smallest absolute Gasteiger partial charge is 0.318 e. The highest BCUT2D eigenvalue weighted by molar-refractivity contribution is 6.40. The summed E-state index contributed by atoms with van der Waals surface area (Å²) in [6.45, 7) is 1.65. The van der Waals surface area contributed by atoms with Crippen LogP contribution in [-0.4, -0.2) is 17.5 Å². The fourth-order valence-corrected chi connectivity index (χ4v) is 2.42.